The highest BCUT2D eigenvalue weighted by atomic mass is 16.5. The van der Waals surface area contributed by atoms with Crippen LogP contribution in [0.2, 0.25) is 0 Å². The number of allylic oxidation sites excluding steroid dienone is 1. The standard InChI is InChI=1S/C27H34O/c1-3-4-7-18-25-22(2)20-27(28-21-24-15-10-6-11-16-24)26(25)19-12-17-23-13-8-5-9-14-23/h5-6,8-11,13-16,19,27H,3-4,7,12,17-18,20-21H2,1-2H3/b26-19-. The summed E-state index contributed by atoms with van der Waals surface area (Å²) in [7, 11) is 0. The third kappa shape index (κ3) is 5.94. The predicted molar refractivity (Wildman–Crippen MR) is 119 cm³/mol. The van der Waals surface area contributed by atoms with E-state index in [-0.39, 0.29) is 6.10 Å². The Morgan fingerprint density at radius 3 is 2.25 bits per heavy atom. The monoisotopic (exact) mass is 374 g/mol. The second-order valence-corrected chi connectivity index (χ2v) is 7.89. The highest BCUT2D eigenvalue weighted by Crippen LogP contribution is 2.37. The molecule has 0 fully saturated rings. The SMILES string of the molecule is CCCCCC1=C(C)CC(OCc2ccccc2)/C1=C\CCc1ccccc1. The number of hydrogen-bond acceptors (Lipinski definition) is 1. The first kappa shape index (κ1) is 20.6. The fourth-order valence-corrected chi connectivity index (χ4v) is 4.07. The normalized spacial score (nSPS) is 18.2. The van der Waals surface area contributed by atoms with Crippen molar-refractivity contribution < 1.29 is 4.74 Å². The summed E-state index contributed by atoms with van der Waals surface area (Å²) in [6, 6.07) is 21.3. The molecule has 1 heteroatoms. The van der Waals surface area contributed by atoms with Crippen LogP contribution < -0.4 is 0 Å². The van der Waals surface area contributed by atoms with Crippen molar-refractivity contribution in [3.05, 3.63) is 94.6 Å². The molecule has 1 unspecified atom stereocenters. The van der Waals surface area contributed by atoms with Crippen LogP contribution >= 0.6 is 0 Å². The summed E-state index contributed by atoms with van der Waals surface area (Å²) in [6.45, 7) is 5.27. The van der Waals surface area contributed by atoms with E-state index in [9.17, 15) is 0 Å². The van der Waals surface area contributed by atoms with Crippen LogP contribution in [-0.4, -0.2) is 6.10 Å². The average Bonchev–Trinajstić information content (AvgIpc) is 3.03. The highest BCUT2D eigenvalue weighted by molar-refractivity contribution is 5.44. The van der Waals surface area contributed by atoms with Gasteiger partial charge in [-0.05, 0) is 61.3 Å². The molecule has 1 aliphatic rings. The summed E-state index contributed by atoms with van der Waals surface area (Å²) >= 11 is 0. The third-order valence-electron chi connectivity index (χ3n) is 5.67. The van der Waals surface area contributed by atoms with Crippen LogP contribution in [0.1, 0.15) is 63.5 Å². The Morgan fingerprint density at radius 2 is 1.57 bits per heavy atom. The number of unbranched alkanes of at least 4 members (excludes halogenated alkanes) is 2. The number of ether oxygens (including phenoxy) is 1. The molecule has 0 N–H and O–H groups in total. The molecule has 0 spiro atoms. The molecule has 148 valence electrons. The summed E-state index contributed by atoms with van der Waals surface area (Å²) in [5.74, 6) is 0. The Hall–Kier alpha value is -2.12. The van der Waals surface area contributed by atoms with Gasteiger partial charge in [0.2, 0.25) is 0 Å². The maximum atomic E-state index is 6.40. The molecule has 28 heavy (non-hydrogen) atoms. The summed E-state index contributed by atoms with van der Waals surface area (Å²) in [4.78, 5) is 0. The second kappa shape index (κ2) is 11.0. The van der Waals surface area contributed by atoms with E-state index in [1.165, 1.54) is 48.0 Å². The minimum atomic E-state index is 0.215. The van der Waals surface area contributed by atoms with Gasteiger partial charge in [-0.2, -0.15) is 0 Å². The largest absolute Gasteiger partial charge is 0.369 e. The highest BCUT2D eigenvalue weighted by Gasteiger charge is 2.27. The smallest absolute Gasteiger partial charge is 0.0866 e. The van der Waals surface area contributed by atoms with E-state index >= 15 is 0 Å². The van der Waals surface area contributed by atoms with E-state index in [1.54, 1.807) is 5.57 Å². The van der Waals surface area contributed by atoms with Gasteiger partial charge in [0.1, 0.15) is 0 Å². The van der Waals surface area contributed by atoms with Crippen LogP contribution in [0.3, 0.4) is 0 Å². The molecule has 0 aromatic heterocycles. The molecular weight excluding hydrogens is 340 g/mol. The van der Waals surface area contributed by atoms with Gasteiger partial charge in [0.25, 0.3) is 0 Å². The maximum absolute atomic E-state index is 6.40. The molecule has 0 bridgehead atoms. The van der Waals surface area contributed by atoms with E-state index in [2.05, 4.69) is 80.6 Å². The van der Waals surface area contributed by atoms with E-state index in [0.717, 1.165) is 19.3 Å². The van der Waals surface area contributed by atoms with Crippen molar-refractivity contribution in [1.82, 2.24) is 0 Å². The summed E-state index contributed by atoms with van der Waals surface area (Å²) in [6.07, 6.45) is 11.0. The minimum absolute atomic E-state index is 0.215. The molecule has 2 aromatic rings. The summed E-state index contributed by atoms with van der Waals surface area (Å²) in [5.41, 5.74) is 7.22. The molecule has 1 aliphatic carbocycles. The van der Waals surface area contributed by atoms with Crippen molar-refractivity contribution in [1.29, 1.82) is 0 Å². The second-order valence-electron chi connectivity index (χ2n) is 7.89. The lowest BCUT2D eigenvalue weighted by atomic mass is 9.98. The first-order valence-electron chi connectivity index (χ1n) is 10.9. The quantitative estimate of drug-likeness (QED) is 0.393. The van der Waals surface area contributed by atoms with Crippen LogP contribution in [0.25, 0.3) is 0 Å². The Kier molecular flexibility index (Phi) is 8.11. The maximum Gasteiger partial charge on any atom is 0.0866 e. The summed E-state index contributed by atoms with van der Waals surface area (Å²) in [5, 5.41) is 0. The Balaban J connectivity index is 1.68. The zero-order chi connectivity index (χ0) is 19.6. The predicted octanol–water partition coefficient (Wildman–Crippen LogP) is 7.43. The topological polar surface area (TPSA) is 9.23 Å². The van der Waals surface area contributed by atoms with Crippen molar-refractivity contribution >= 4 is 0 Å². The Bertz CT molecular complexity index is 770. The van der Waals surface area contributed by atoms with Gasteiger partial charge >= 0.3 is 0 Å². The zero-order valence-corrected chi connectivity index (χ0v) is 17.5. The van der Waals surface area contributed by atoms with Crippen molar-refractivity contribution in [3.8, 4) is 0 Å². The van der Waals surface area contributed by atoms with Gasteiger partial charge in [-0.3, -0.25) is 0 Å². The van der Waals surface area contributed by atoms with E-state index in [1.807, 2.05) is 0 Å². The number of benzene rings is 2. The van der Waals surface area contributed by atoms with Crippen molar-refractivity contribution in [3.63, 3.8) is 0 Å². The van der Waals surface area contributed by atoms with Crippen molar-refractivity contribution in [2.24, 2.45) is 0 Å². The number of hydrogen-bond donors (Lipinski definition) is 0. The first-order chi connectivity index (χ1) is 13.8. The molecule has 0 saturated heterocycles. The van der Waals surface area contributed by atoms with E-state index < -0.39 is 0 Å². The van der Waals surface area contributed by atoms with E-state index in [0.29, 0.717) is 6.61 Å². The van der Waals surface area contributed by atoms with Crippen LogP contribution in [0, 0.1) is 0 Å². The minimum Gasteiger partial charge on any atom is -0.369 e. The van der Waals surface area contributed by atoms with Crippen LogP contribution in [-0.2, 0) is 17.8 Å². The lowest BCUT2D eigenvalue weighted by Gasteiger charge is -2.17. The van der Waals surface area contributed by atoms with Gasteiger partial charge in [0.15, 0.2) is 0 Å². The number of rotatable bonds is 10. The van der Waals surface area contributed by atoms with Crippen LogP contribution in [0.15, 0.2) is 83.5 Å². The molecular formula is C27H34O. The molecule has 0 heterocycles. The molecule has 2 aromatic carbocycles. The number of aryl methyl sites for hydroxylation is 1. The van der Waals surface area contributed by atoms with Crippen molar-refractivity contribution in [2.45, 2.75) is 71.5 Å². The lowest BCUT2D eigenvalue weighted by molar-refractivity contribution is 0.0701. The Labute approximate surface area is 171 Å². The molecule has 1 nitrogen and oxygen atoms in total. The molecule has 3 rings (SSSR count). The third-order valence-corrected chi connectivity index (χ3v) is 5.67. The van der Waals surface area contributed by atoms with Crippen LogP contribution in [0.4, 0.5) is 0 Å². The van der Waals surface area contributed by atoms with Gasteiger partial charge in [-0.1, -0.05) is 92.1 Å². The fourth-order valence-electron chi connectivity index (χ4n) is 4.07. The summed E-state index contributed by atoms with van der Waals surface area (Å²) < 4.78 is 6.40. The molecule has 0 amide bonds. The molecule has 0 saturated carbocycles. The average molecular weight is 375 g/mol. The zero-order valence-electron chi connectivity index (χ0n) is 17.5. The van der Waals surface area contributed by atoms with Gasteiger partial charge in [-0.15, -0.1) is 0 Å². The fraction of sp³-hybridized carbons (Fsp3) is 0.407. The Morgan fingerprint density at radius 1 is 0.893 bits per heavy atom. The molecule has 0 radical (unpaired) electrons. The van der Waals surface area contributed by atoms with Gasteiger partial charge in [-0.25, -0.2) is 0 Å². The molecule has 0 aliphatic heterocycles. The molecule has 1 atom stereocenters. The van der Waals surface area contributed by atoms with Gasteiger partial charge in [0.05, 0.1) is 12.7 Å². The van der Waals surface area contributed by atoms with E-state index in [4.69, 9.17) is 4.74 Å². The van der Waals surface area contributed by atoms with Crippen molar-refractivity contribution in [2.75, 3.05) is 0 Å². The van der Waals surface area contributed by atoms with Gasteiger partial charge in [0, 0.05) is 0 Å². The van der Waals surface area contributed by atoms with Crippen LogP contribution in [0.5, 0.6) is 0 Å². The van der Waals surface area contributed by atoms with Gasteiger partial charge < -0.3 is 4.74 Å². The first-order valence-corrected chi connectivity index (χ1v) is 10.9. The lowest BCUT2D eigenvalue weighted by Crippen LogP contribution is -2.12.